The van der Waals surface area contributed by atoms with Crippen LogP contribution in [0, 0.1) is 5.92 Å². The number of rotatable bonds is 2. The van der Waals surface area contributed by atoms with E-state index in [1.807, 2.05) is 6.20 Å². The van der Waals surface area contributed by atoms with Gasteiger partial charge < -0.3 is 4.57 Å². The molecule has 0 radical (unpaired) electrons. The summed E-state index contributed by atoms with van der Waals surface area (Å²) in [6, 6.07) is 8.95. The van der Waals surface area contributed by atoms with Crippen molar-refractivity contribution in [2.75, 3.05) is 0 Å². The molecule has 0 bridgehead atoms. The number of aromatic nitrogens is 2. The van der Waals surface area contributed by atoms with Crippen LogP contribution in [-0.2, 0) is 6.42 Å². The summed E-state index contributed by atoms with van der Waals surface area (Å²) in [6.45, 7) is 8.57. The molecule has 0 spiro atoms. The maximum atomic E-state index is 5.19. The van der Waals surface area contributed by atoms with Crippen LogP contribution in [0.1, 0.15) is 55.6 Å². The number of aryl methyl sites for hydroxylation is 1. The van der Waals surface area contributed by atoms with Gasteiger partial charge in [-0.2, -0.15) is 0 Å². The van der Waals surface area contributed by atoms with Gasteiger partial charge in [-0.3, -0.25) is 4.99 Å². The van der Waals surface area contributed by atoms with Crippen LogP contribution in [-0.4, -0.2) is 21.0 Å². The first-order valence-electron chi connectivity index (χ1n) is 13.3. The Bertz CT molecular complexity index is 1590. The zero-order valence-electron chi connectivity index (χ0n) is 21.4. The van der Waals surface area contributed by atoms with Gasteiger partial charge in [0.15, 0.2) is 0 Å². The van der Waals surface area contributed by atoms with Crippen LogP contribution < -0.4 is 0 Å². The number of benzene rings is 1. The minimum Gasteiger partial charge on any atom is -0.316 e. The minimum atomic E-state index is 0.200. The fourth-order valence-corrected chi connectivity index (χ4v) is 6.42. The van der Waals surface area contributed by atoms with E-state index >= 15 is 0 Å². The van der Waals surface area contributed by atoms with E-state index < -0.39 is 0 Å². The van der Waals surface area contributed by atoms with Gasteiger partial charge in [-0.05, 0) is 55.9 Å². The van der Waals surface area contributed by atoms with Crippen LogP contribution in [0.25, 0.3) is 17.5 Å². The van der Waals surface area contributed by atoms with Gasteiger partial charge in [-0.1, -0.05) is 78.9 Å². The lowest BCUT2D eigenvalue weighted by atomic mass is 9.79. The third-order valence-corrected chi connectivity index (χ3v) is 8.23. The van der Waals surface area contributed by atoms with Crippen LogP contribution in [0.5, 0.6) is 0 Å². The maximum Gasteiger partial charge on any atom is 0.141 e. The molecule has 2 aromatic rings. The van der Waals surface area contributed by atoms with Gasteiger partial charge in [0.2, 0.25) is 0 Å². The average molecular weight is 483 g/mol. The molecule has 0 N–H and O–H groups in total. The number of hydrogen-bond donors (Lipinski definition) is 0. The molecule has 3 unspecified atom stereocenters. The lowest BCUT2D eigenvalue weighted by molar-refractivity contribution is 0.529. The largest absolute Gasteiger partial charge is 0.316 e. The Hall–Kier alpha value is -4.05. The van der Waals surface area contributed by atoms with Crippen LogP contribution in [0.3, 0.4) is 0 Å². The Morgan fingerprint density at radius 3 is 2.97 bits per heavy atom. The van der Waals surface area contributed by atoms with E-state index in [0.29, 0.717) is 0 Å². The molecule has 2 aliphatic heterocycles. The molecule has 3 heterocycles. The number of hydrogen-bond acceptors (Lipinski definition) is 3. The quantitative estimate of drug-likeness (QED) is 0.437. The van der Waals surface area contributed by atoms with Gasteiger partial charge in [-0.15, -0.1) is 0 Å². The first-order valence-corrected chi connectivity index (χ1v) is 13.3. The summed E-state index contributed by atoms with van der Waals surface area (Å²) in [5, 5.41) is 0. The lowest BCUT2D eigenvalue weighted by Crippen LogP contribution is -2.31. The first kappa shape index (κ1) is 22.2. The molecule has 5 aliphatic rings. The van der Waals surface area contributed by atoms with Crippen molar-refractivity contribution in [2.45, 2.75) is 45.1 Å². The Morgan fingerprint density at radius 1 is 1.19 bits per heavy atom. The van der Waals surface area contributed by atoms with Crippen LogP contribution in [0.15, 0.2) is 112 Å². The molecule has 1 aromatic carbocycles. The van der Waals surface area contributed by atoms with Gasteiger partial charge in [0.25, 0.3) is 0 Å². The molecule has 3 atom stereocenters. The van der Waals surface area contributed by atoms with E-state index in [4.69, 9.17) is 15.0 Å². The highest BCUT2D eigenvalue weighted by Crippen LogP contribution is 2.48. The molecule has 0 amide bonds. The van der Waals surface area contributed by atoms with Crippen molar-refractivity contribution >= 4 is 17.5 Å². The predicted molar refractivity (Wildman–Crippen MR) is 153 cm³/mol. The highest BCUT2D eigenvalue weighted by molar-refractivity contribution is 6.51. The molecule has 37 heavy (non-hydrogen) atoms. The smallest absolute Gasteiger partial charge is 0.141 e. The second-order valence-corrected chi connectivity index (χ2v) is 10.4. The van der Waals surface area contributed by atoms with Gasteiger partial charge >= 0.3 is 0 Å². The summed E-state index contributed by atoms with van der Waals surface area (Å²) in [5.74, 6) is 1.60. The first-order chi connectivity index (χ1) is 18.1. The summed E-state index contributed by atoms with van der Waals surface area (Å²) in [6.07, 6.45) is 22.9. The summed E-state index contributed by atoms with van der Waals surface area (Å²) in [5.41, 5.74) is 11.3. The molecular weight excluding hydrogens is 452 g/mol. The monoisotopic (exact) mass is 482 g/mol. The molecule has 1 aromatic heterocycles. The maximum absolute atomic E-state index is 5.19. The second kappa shape index (κ2) is 8.52. The molecule has 182 valence electrons. The second-order valence-electron chi connectivity index (χ2n) is 10.4. The van der Waals surface area contributed by atoms with E-state index in [0.717, 1.165) is 53.4 Å². The summed E-state index contributed by atoms with van der Waals surface area (Å²) in [7, 11) is 0. The van der Waals surface area contributed by atoms with Crippen molar-refractivity contribution in [3.05, 3.63) is 119 Å². The number of nitrogens with zero attached hydrogens (tertiary/aromatic N) is 4. The summed E-state index contributed by atoms with van der Waals surface area (Å²) < 4.78 is 2.45. The number of allylic oxidation sites excluding steroid dienone is 9. The average Bonchev–Trinajstić information content (AvgIpc) is 3.33. The Balaban J connectivity index is 1.33. The van der Waals surface area contributed by atoms with E-state index in [9.17, 15) is 0 Å². The van der Waals surface area contributed by atoms with E-state index in [2.05, 4.69) is 97.9 Å². The third-order valence-electron chi connectivity index (χ3n) is 8.23. The lowest BCUT2D eigenvalue weighted by Gasteiger charge is -2.35. The van der Waals surface area contributed by atoms with Crippen LogP contribution in [0.4, 0.5) is 0 Å². The van der Waals surface area contributed by atoms with Crippen molar-refractivity contribution in [2.24, 2.45) is 15.9 Å². The molecule has 0 fully saturated rings. The fourth-order valence-electron chi connectivity index (χ4n) is 6.42. The minimum absolute atomic E-state index is 0.200. The van der Waals surface area contributed by atoms with E-state index in [1.165, 1.54) is 28.1 Å². The fraction of sp³-hybridized carbons (Fsp3) is 0.242. The highest BCUT2D eigenvalue weighted by Gasteiger charge is 2.36. The number of aliphatic imine (C=N–C) groups is 2. The van der Waals surface area contributed by atoms with Gasteiger partial charge in [-0.25, -0.2) is 9.98 Å². The zero-order valence-corrected chi connectivity index (χ0v) is 21.4. The Labute approximate surface area is 218 Å². The molecule has 4 heteroatoms. The highest BCUT2D eigenvalue weighted by atomic mass is 15.1. The molecule has 7 rings (SSSR count). The van der Waals surface area contributed by atoms with E-state index in [1.54, 1.807) is 0 Å². The van der Waals surface area contributed by atoms with Crippen molar-refractivity contribution in [1.82, 2.24) is 9.55 Å². The van der Waals surface area contributed by atoms with Gasteiger partial charge in [0, 0.05) is 23.6 Å². The third kappa shape index (κ3) is 3.39. The van der Waals surface area contributed by atoms with Crippen molar-refractivity contribution < 1.29 is 0 Å². The predicted octanol–water partition coefficient (Wildman–Crippen LogP) is 7.48. The zero-order chi connectivity index (χ0) is 25.1. The normalized spacial score (nSPS) is 26.5. The topological polar surface area (TPSA) is 42.5 Å². The van der Waals surface area contributed by atoms with Crippen molar-refractivity contribution in [1.29, 1.82) is 0 Å². The van der Waals surface area contributed by atoms with Crippen LogP contribution >= 0.6 is 0 Å². The van der Waals surface area contributed by atoms with Gasteiger partial charge in [0.05, 0.1) is 34.6 Å². The van der Waals surface area contributed by atoms with Gasteiger partial charge in [0.1, 0.15) is 5.82 Å². The molecular formula is C33H30N4. The summed E-state index contributed by atoms with van der Waals surface area (Å²) in [4.78, 5) is 15.1. The van der Waals surface area contributed by atoms with Crippen molar-refractivity contribution in [3.63, 3.8) is 0 Å². The number of imidazole rings is 1. The Morgan fingerprint density at radius 2 is 2.08 bits per heavy atom. The van der Waals surface area contributed by atoms with E-state index in [-0.39, 0.29) is 17.9 Å². The molecule has 0 saturated carbocycles. The van der Waals surface area contributed by atoms with Crippen molar-refractivity contribution in [3.8, 4) is 11.4 Å². The Kier molecular flexibility index (Phi) is 5.10. The molecule has 4 nitrogen and oxygen atoms in total. The molecule has 0 saturated heterocycles. The van der Waals surface area contributed by atoms with Crippen LogP contribution in [0.2, 0.25) is 0 Å². The standard InChI is InChI=1S/C33H30N4/c1-4-27(35-31-21(3)18-20(2)23-12-9-17-34-32(23)31)22-15-16-29-26(19-22)24-10-5-6-11-25(24)33-36-28-13-7-8-14-30(28)37(29)33/h4-6,8-11,14-19,23,26,29H,3,7,12-13H2,1-2H3/b27-4-,35-31?. The molecule has 3 aliphatic carbocycles. The SMILES string of the molecule is C=C1C=C(C)C2CC=CN=C2C1=N/C(=C\C)C1=CC2c3ccccc3-c3nc4c(n3C2C=C1)C=CCC4. The number of fused-ring (bicyclic) bond motifs is 9. The summed E-state index contributed by atoms with van der Waals surface area (Å²) >= 11 is 0.